The Morgan fingerprint density at radius 2 is 1.92 bits per heavy atom. The molecular weight excluding hydrogens is 333 g/mol. The molecule has 1 aromatic rings. The second-order valence-electron chi connectivity index (χ2n) is 6.80. The molecule has 0 heterocycles. The Morgan fingerprint density at radius 3 is 2.58 bits per heavy atom. The zero-order valence-corrected chi connectivity index (χ0v) is 15.6. The minimum atomic E-state index is -0.305. The van der Waals surface area contributed by atoms with Crippen LogP contribution in [0.2, 0.25) is 0 Å². The van der Waals surface area contributed by atoms with E-state index in [9.17, 15) is 14.0 Å². The van der Waals surface area contributed by atoms with E-state index in [0.29, 0.717) is 19.1 Å². The van der Waals surface area contributed by atoms with Crippen LogP contribution in [-0.4, -0.2) is 36.0 Å². The molecular formula is C21H28FNO3. The lowest BCUT2D eigenvalue weighted by atomic mass is 9.84. The zero-order valence-electron chi connectivity index (χ0n) is 15.6. The summed E-state index contributed by atoms with van der Waals surface area (Å²) in [6, 6.07) is 6.14. The third-order valence-electron chi connectivity index (χ3n) is 4.90. The Kier molecular flexibility index (Phi) is 7.82. The molecule has 4 nitrogen and oxygen atoms in total. The molecule has 142 valence electrons. The summed E-state index contributed by atoms with van der Waals surface area (Å²) in [7, 11) is 0. The number of carbonyl (C=O) groups excluding carboxylic acids is 2. The Balaban J connectivity index is 2.08. The van der Waals surface area contributed by atoms with Crippen molar-refractivity contribution in [2.24, 2.45) is 5.92 Å². The van der Waals surface area contributed by atoms with Gasteiger partial charge in [-0.3, -0.25) is 9.59 Å². The van der Waals surface area contributed by atoms with Crippen molar-refractivity contribution < 1.29 is 18.7 Å². The van der Waals surface area contributed by atoms with Crippen molar-refractivity contribution in [1.82, 2.24) is 4.90 Å². The number of carbonyl (C=O) groups is 2. The number of benzene rings is 1. The first-order valence-electron chi connectivity index (χ1n) is 9.41. The van der Waals surface area contributed by atoms with Gasteiger partial charge in [0.2, 0.25) is 5.91 Å². The highest BCUT2D eigenvalue weighted by Crippen LogP contribution is 2.28. The fourth-order valence-corrected chi connectivity index (χ4v) is 3.48. The summed E-state index contributed by atoms with van der Waals surface area (Å²) in [5.74, 6) is -0.289. The van der Waals surface area contributed by atoms with Crippen molar-refractivity contribution in [2.45, 2.75) is 52.0 Å². The van der Waals surface area contributed by atoms with Gasteiger partial charge in [0.25, 0.3) is 0 Å². The molecule has 1 aliphatic carbocycles. The van der Waals surface area contributed by atoms with Crippen LogP contribution in [0.5, 0.6) is 0 Å². The highest BCUT2D eigenvalue weighted by Gasteiger charge is 2.29. The highest BCUT2D eigenvalue weighted by molar-refractivity contribution is 5.92. The van der Waals surface area contributed by atoms with Crippen LogP contribution < -0.4 is 0 Å². The van der Waals surface area contributed by atoms with E-state index >= 15 is 0 Å². The van der Waals surface area contributed by atoms with Gasteiger partial charge in [0.15, 0.2) is 0 Å². The lowest BCUT2D eigenvalue weighted by Gasteiger charge is -2.38. The summed E-state index contributed by atoms with van der Waals surface area (Å²) in [6.45, 7) is 4.64. The van der Waals surface area contributed by atoms with Gasteiger partial charge in [0, 0.05) is 18.7 Å². The van der Waals surface area contributed by atoms with Crippen LogP contribution in [0.1, 0.15) is 51.5 Å². The molecule has 1 fully saturated rings. The summed E-state index contributed by atoms with van der Waals surface area (Å²) >= 11 is 0. The van der Waals surface area contributed by atoms with Gasteiger partial charge in [0.1, 0.15) is 5.82 Å². The van der Waals surface area contributed by atoms with E-state index in [4.69, 9.17) is 4.74 Å². The molecule has 2 atom stereocenters. The van der Waals surface area contributed by atoms with E-state index < -0.39 is 0 Å². The van der Waals surface area contributed by atoms with Crippen molar-refractivity contribution in [3.05, 3.63) is 41.7 Å². The smallest absolute Gasteiger partial charge is 0.307 e. The van der Waals surface area contributed by atoms with Crippen molar-refractivity contribution in [2.75, 3.05) is 13.2 Å². The zero-order chi connectivity index (χ0) is 18.9. The van der Waals surface area contributed by atoms with E-state index in [2.05, 4.69) is 6.92 Å². The molecule has 2 unspecified atom stereocenters. The second kappa shape index (κ2) is 10.1. The van der Waals surface area contributed by atoms with E-state index in [-0.39, 0.29) is 30.2 Å². The van der Waals surface area contributed by atoms with Crippen LogP contribution in [-0.2, 0) is 14.3 Å². The number of nitrogens with zero attached hydrogens (tertiary/aromatic N) is 1. The number of hydrogen-bond donors (Lipinski definition) is 0. The van der Waals surface area contributed by atoms with Gasteiger partial charge in [-0.15, -0.1) is 0 Å². The van der Waals surface area contributed by atoms with Crippen LogP contribution >= 0.6 is 0 Å². The molecule has 1 aliphatic rings. The molecule has 0 bridgehead atoms. The molecule has 0 aromatic heterocycles. The van der Waals surface area contributed by atoms with Crippen LogP contribution in [0.25, 0.3) is 6.08 Å². The average Bonchev–Trinajstić information content (AvgIpc) is 2.63. The van der Waals surface area contributed by atoms with Gasteiger partial charge >= 0.3 is 5.97 Å². The lowest BCUT2D eigenvalue weighted by Crippen LogP contribution is -2.45. The van der Waals surface area contributed by atoms with Crippen LogP contribution in [0.4, 0.5) is 4.39 Å². The number of halogens is 1. The van der Waals surface area contributed by atoms with Crippen molar-refractivity contribution >= 4 is 18.0 Å². The normalized spacial score (nSPS) is 20.1. The van der Waals surface area contributed by atoms with Crippen LogP contribution in [0.15, 0.2) is 30.3 Å². The summed E-state index contributed by atoms with van der Waals surface area (Å²) in [5, 5.41) is 0. The predicted octanol–water partition coefficient (Wildman–Crippen LogP) is 4.20. The SMILES string of the molecule is CCOC(=O)CCN(C(=O)/C=C/c1ccc(F)cc1)C1CCCCC1C. The maximum Gasteiger partial charge on any atom is 0.307 e. The Morgan fingerprint density at radius 1 is 1.23 bits per heavy atom. The topological polar surface area (TPSA) is 46.6 Å². The number of amides is 1. The third kappa shape index (κ3) is 5.97. The first kappa shape index (κ1) is 20.1. The van der Waals surface area contributed by atoms with Gasteiger partial charge in [0.05, 0.1) is 13.0 Å². The van der Waals surface area contributed by atoms with Crippen molar-refractivity contribution in [3.63, 3.8) is 0 Å². The van der Waals surface area contributed by atoms with Gasteiger partial charge in [-0.1, -0.05) is 31.9 Å². The standard InChI is InChI=1S/C21H28FNO3/c1-3-26-21(25)14-15-23(19-7-5-4-6-16(19)2)20(24)13-10-17-8-11-18(22)12-9-17/h8-13,16,19H,3-7,14-15H2,1-2H3/b13-10+. The number of ether oxygens (including phenoxy) is 1. The largest absolute Gasteiger partial charge is 0.466 e. The van der Waals surface area contributed by atoms with E-state index in [0.717, 1.165) is 24.8 Å². The van der Waals surface area contributed by atoms with E-state index in [1.165, 1.54) is 24.6 Å². The summed E-state index contributed by atoms with van der Waals surface area (Å²) in [6.07, 6.45) is 7.73. The first-order valence-corrected chi connectivity index (χ1v) is 9.41. The molecule has 0 aliphatic heterocycles. The van der Waals surface area contributed by atoms with Gasteiger partial charge in [-0.25, -0.2) is 4.39 Å². The number of esters is 1. The maximum absolute atomic E-state index is 13.0. The quantitative estimate of drug-likeness (QED) is 0.540. The minimum Gasteiger partial charge on any atom is -0.466 e. The molecule has 1 aromatic carbocycles. The number of hydrogen-bond acceptors (Lipinski definition) is 3. The van der Waals surface area contributed by atoms with Gasteiger partial charge in [-0.2, -0.15) is 0 Å². The molecule has 0 saturated heterocycles. The minimum absolute atomic E-state index is 0.114. The molecule has 0 radical (unpaired) electrons. The molecule has 1 saturated carbocycles. The number of rotatable bonds is 7. The molecule has 5 heteroatoms. The predicted molar refractivity (Wildman–Crippen MR) is 99.8 cm³/mol. The molecule has 2 rings (SSSR count). The molecule has 0 spiro atoms. The molecule has 0 N–H and O–H groups in total. The monoisotopic (exact) mass is 361 g/mol. The molecule has 1 amide bonds. The fourth-order valence-electron chi connectivity index (χ4n) is 3.48. The fraction of sp³-hybridized carbons (Fsp3) is 0.524. The van der Waals surface area contributed by atoms with Crippen molar-refractivity contribution in [3.8, 4) is 0 Å². The Labute approximate surface area is 155 Å². The Hall–Kier alpha value is -2.17. The average molecular weight is 361 g/mol. The van der Waals surface area contributed by atoms with Crippen LogP contribution in [0.3, 0.4) is 0 Å². The second-order valence-corrected chi connectivity index (χ2v) is 6.80. The van der Waals surface area contributed by atoms with E-state index in [1.54, 1.807) is 30.0 Å². The summed E-state index contributed by atoms with van der Waals surface area (Å²) in [5.41, 5.74) is 0.766. The first-order chi connectivity index (χ1) is 12.5. The molecule has 26 heavy (non-hydrogen) atoms. The summed E-state index contributed by atoms with van der Waals surface area (Å²) in [4.78, 5) is 26.3. The van der Waals surface area contributed by atoms with Crippen molar-refractivity contribution in [1.29, 1.82) is 0 Å². The maximum atomic E-state index is 13.0. The van der Waals surface area contributed by atoms with Gasteiger partial charge in [-0.05, 0) is 49.5 Å². The van der Waals surface area contributed by atoms with Crippen LogP contribution in [0, 0.1) is 11.7 Å². The van der Waals surface area contributed by atoms with E-state index in [1.807, 2.05) is 0 Å². The highest BCUT2D eigenvalue weighted by atomic mass is 19.1. The lowest BCUT2D eigenvalue weighted by molar-refractivity contribution is -0.144. The summed E-state index contributed by atoms with van der Waals surface area (Å²) < 4.78 is 18.0. The Bertz CT molecular complexity index is 627. The van der Waals surface area contributed by atoms with Gasteiger partial charge < -0.3 is 9.64 Å². The third-order valence-corrected chi connectivity index (χ3v) is 4.90.